The van der Waals surface area contributed by atoms with Crippen LogP contribution in [-0.2, 0) is 19.4 Å². The zero-order chi connectivity index (χ0) is 31.6. The van der Waals surface area contributed by atoms with Gasteiger partial charge in [0.25, 0.3) is 0 Å². The SMILES string of the molecule is CS(=O)(=O)CC(=O)[C@@H]1CN(C(=O)C(c2ccccc2)c2ccccc2)CCN1C(=O)N1c2ccccc2C=Cc2ccccc21. The lowest BCUT2D eigenvalue weighted by Gasteiger charge is -2.43. The van der Waals surface area contributed by atoms with E-state index in [0.29, 0.717) is 11.4 Å². The summed E-state index contributed by atoms with van der Waals surface area (Å²) in [7, 11) is -3.70. The van der Waals surface area contributed by atoms with Gasteiger partial charge in [-0.25, -0.2) is 13.2 Å². The van der Waals surface area contributed by atoms with Crippen LogP contribution in [0.3, 0.4) is 0 Å². The number of ketones is 1. The van der Waals surface area contributed by atoms with E-state index in [4.69, 9.17) is 0 Å². The molecule has 228 valence electrons. The molecule has 2 aliphatic rings. The van der Waals surface area contributed by atoms with Crippen molar-refractivity contribution in [3.05, 3.63) is 131 Å². The normalized spacial score (nSPS) is 16.1. The van der Waals surface area contributed by atoms with Crippen molar-refractivity contribution in [3.63, 3.8) is 0 Å². The van der Waals surface area contributed by atoms with Gasteiger partial charge in [0.15, 0.2) is 15.6 Å². The smallest absolute Gasteiger partial charge is 0.329 e. The number of piperazine rings is 1. The standard InChI is InChI=1S/C36H33N3O5S/c1-45(43,44)25-33(40)32-24-37(35(41)34(28-14-4-2-5-15-28)29-16-6-3-7-17-29)22-23-38(32)36(42)39-30-18-10-8-12-26(30)20-21-27-13-9-11-19-31(27)39/h2-21,32,34H,22-25H2,1H3/t32-/m0/s1. The molecular formula is C36H33N3O5S. The van der Waals surface area contributed by atoms with Gasteiger partial charge >= 0.3 is 6.03 Å². The summed E-state index contributed by atoms with van der Waals surface area (Å²) in [6, 6.07) is 32.2. The van der Waals surface area contributed by atoms with Crippen molar-refractivity contribution in [2.45, 2.75) is 12.0 Å². The maximum Gasteiger partial charge on any atom is 0.329 e. The van der Waals surface area contributed by atoms with Gasteiger partial charge < -0.3 is 9.80 Å². The molecule has 9 heteroatoms. The van der Waals surface area contributed by atoms with E-state index in [0.717, 1.165) is 28.5 Å². The zero-order valence-corrected chi connectivity index (χ0v) is 25.6. The molecule has 0 saturated carbocycles. The van der Waals surface area contributed by atoms with E-state index in [9.17, 15) is 22.8 Å². The van der Waals surface area contributed by atoms with E-state index in [2.05, 4.69) is 0 Å². The average molecular weight is 620 g/mol. The molecule has 45 heavy (non-hydrogen) atoms. The third kappa shape index (κ3) is 6.30. The fourth-order valence-corrected chi connectivity index (χ4v) is 6.81. The van der Waals surface area contributed by atoms with Crippen LogP contribution >= 0.6 is 0 Å². The first-order chi connectivity index (χ1) is 21.7. The minimum absolute atomic E-state index is 0.0509. The topological polar surface area (TPSA) is 95.1 Å². The van der Waals surface area contributed by atoms with Gasteiger partial charge in [-0.2, -0.15) is 0 Å². The van der Waals surface area contributed by atoms with E-state index >= 15 is 0 Å². The van der Waals surface area contributed by atoms with Crippen molar-refractivity contribution >= 4 is 51.1 Å². The van der Waals surface area contributed by atoms with Crippen molar-refractivity contribution in [1.29, 1.82) is 0 Å². The number of fused-ring (bicyclic) bond motifs is 2. The Morgan fingerprint density at radius 3 is 1.71 bits per heavy atom. The second-order valence-electron chi connectivity index (χ2n) is 11.4. The molecule has 4 aromatic carbocycles. The number of benzene rings is 4. The second kappa shape index (κ2) is 12.5. The Hall–Kier alpha value is -5.02. The largest absolute Gasteiger partial charge is 0.338 e. The molecule has 1 atom stereocenters. The number of anilines is 2. The fraction of sp³-hybridized carbons (Fsp3) is 0.194. The minimum atomic E-state index is -3.70. The Morgan fingerprint density at radius 1 is 0.711 bits per heavy atom. The molecule has 0 aliphatic carbocycles. The highest BCUT2D eigenvalue weighted by Crippen LogP contribution is 2.38. The molecule has 6 rings (SSSR count). The van der Waals surface area contributed by atoms with Crippen LogP contribution in [0.25, 0.3) is 12.2 Å². The predicted octanol–water partition coefficient (Wildman–Crippen LogP) is 5.39. The summed E-state index contributed by atoms with van der Waals surface area (Å²) in [4.78, 5) is 47.2. The Morgan fingerprint density at radius 2 is 1.20 bits per heavy atom. The third-order valence-corrected chi connectivity index (χ3v) is 9.02. The van der Waals surface area contributed by atoms with Gasteiger partial charge in [-0.1, -0.05) is 109 Å². The first-order valence-corrected chi connectivity index (χ1v) is 16.8. The average Bonchev–Trinajstić information content (AvgIpc) is 3.21. The van der Waals surface area contributed by atoms with Gasteiger partial charge in [-0.15, -0.1) is 0 Å². The minimum Gasteiger partial charge on any atom is -0.338 e. The highest BCUT2D eigenvalue weighted by Gasteiger charge is 2.42. The molecule has 0 N–H and O–H groups in total. The highest BCUT2D eigenvalue weighted by atomic mass is 32.2. The third-order valence-electron chi connectivity index (χ3n) is 8.22. The first kappa shape index (κ1) is 30.0. The summed E-state index contributed by atoms with van der Waals surface area (Å²) < 4.78 is 24.6. The quantitative estimate of drug-likeness (QED) is 0.289. The molecular weight excluding hydrogens is 586 g/mol. The van der Waals surface area contributed by atoms with Gasteiger partial charge in [0, 0.05) is 25.9 Å². The van der Waals surface area contributed by atoms with Crippen LogP contribution < -0.4 is 4.90 Å². The second-order valence-corrected chi connectivity index (χ2v) is 13.5. The monoisotopic (exact) mass is 619 g/mol. The van der Waals surface area contributed by atoms with Crippen LogP contribution in [0.5, 0.6) is 0 Å². The maximum atomic E-state index is 14.6. The lowest BCUT2D eigenvalue weighted by molar-refractivity contribution is -0.136. The van der Waals surface area contributed by atoms with Crippen molar-refractivity contribution < 1.29 is 22.8 Å². The fourth-order valence-electron chi connectivity index (χ4n) is 6.10. The molecule has 0 bridgehead atoms. The molecule has 0 spiro atoms. The number of amides is 3. The van der Waals surface area contributed by atoms with Gasteiger partial charge in [0.1, 0.15) is 11.8 Å². The van der Waals surface area contributed by atoms with Crippen LogP contribution in [0.2, 0.25) is 0 Å². The number of hydrogen-bond acceptors (Lipinski definition) is 5. The van der Waals surface area contributed by atoms with Crippen LogP contribution in [0.4, 0.5) is 16.2 Å². The summed E-state index contributed by atoms with van der Waals surface area (Å²) in [5.74, 6) is -2.21. The van der Waals surface area contributed by atoms with Crippen molar-refractivity contribution in [1.82, 2.24) is 9.80 Å². The molecule has 0 radical (unpaired) electrons. The highest BCUT2D eigenvalue weighted by molar-refractivity contribution is 7.91. The van der Waals surface area contributed by atoms with E-state index in [1.807, 2.05) is 121 Å². The lowest BCUT2D eigenvalue weighted by atomic mass is 9.89. The maximum absolute atomic E-state index is 14.6. The number of para-hydroxylation sites is 2. The lowest BCUT2D eigenvalue weighted by Crippen LogP contribution is -2.62. The number of carbonyl (C=O) groups is 3. The van der Waals surface area contributed by atoms with Crippen molar-refractivity contribution in [2.75, 3.05) is 36.5 Å². The number of nitrogens with zero attached hydrogens (tertiary/aromatic N) is 3. The number of Topliss-reactive ketones (excluding diaryl/α,β-unsaturated/α-hetero) is 1. The molecule has 4 aromatic rings. The molecule has 0 unspecified atom stereocenters. The van der Waals surface area contributed by atoms with Crippen LogP contribution in [0.15, 0.2) is 109 Å². The van der Waals surface area contributed by atoms with Gasteiger partial charge in [-0.05, 0) is 34.4 Å². The molecule has 0 aromatic heterocycles. The number of hydrogen-bond donors (Lipinski definition) is 0. The summed E-state index contributed by atoms with van der Waals surface area (Å²) in [5, 5.41) is 0. The van der Waals surface area contributed by atoms with Crippen LogP contribution in [-0.4, -0.2) is 73.6 Å². The number of rotatable bonds is 6. The molecule has 1 fully saturated rings. The van der Waals surface area contributed by atoms with Gasteiger partial charge in [0.2, 0.25) is 5.91 Å². The molecule has 3 amide bonds. The Balaban J connectivity index is 1.37. The molecule has 2 heterocycles. The number of sulfone groups is 1. The van der Waals surface area contributed by atoms with Crippen molar-refractivity contribution in [2.24, 2.45) is 0 Å². The Labute approximate surface area is 263 Å². The molecule has 1 saturated heterocycles. The summed E-state index contributed by atoms with van der Waals surface area (Å²) in [6.45, 7) is 0.110. The first-order valence-electron chi connectivity index (χ1n) is 14.8. The number of carbonyl (C=O) groups excluding carboxylic acids is 3. The Kier molecular flexibility index (Phi) is 8.36. The Bertz CT molecular complexity index is 1790. The van der Waals surface area contributed by atoms with Gasteiger partial charge in [-0.3, -0.25) is 14.5 Å². The summed E-state index contributed by atoms with van der Waals surface area (Å²) >= 11 is 0. The van der Waals surface area contributed by atoms with Crippen LogP contribution in [0, 0.1) is 0 Å². The molecule has 8 nitrogen and oxygen atoms in total. The summed E-state index contributed by atoms with van der Waals surface area (Å²) in [5.41, 5.74) is 4.54. The van der Waals surface area contributed by atoms with Crippen molar-refractivity contribution in [3.8, 4) is 0 Å². The summed E-state index contributed by atoms with van der Waals surface area (Å²) in [6.07, 6.45) is 4.88. The number of urea groups is 1. The zero-order valence-electron chi connectivity index (χ0n) is 24.8. The van der Waals surface area contributed by atoms with E-state index in [-0.39, 0.29) is 25.5 Å². The predicted molar refractivity (Wildman–Crippen MR) is 176 cm³/mol. The van der Waals surface area contributed by atoms with E-state index in [1.54, 1.807) is 9.80 Å². The van der Waals surface area contributed by atoms with E-state index in [1.165, 1.54) is 4.90 Å². The van der Waals surface area contributed by atoms with E-state index < -0.39 is 39.4 Å². The molecule has 2 aliphatic heterocycles. The van der Waals surface area contributed by atoms with Gasteiger partial charge in [0.05, 0.1) is 17.3 Å². The van der Waals surface area contributed by atoms with Crippen LogP contribution in [0.1, 0.15) is 28.2 Å².